The number of hydrogen-bond acceptors (Lipinski definition) is 5. The van der Waals surface area contributed by atoms with Gasteiger partial charge in [0.1, 0.15) is 29.7 Å². The van der Waals surface area contributed by atoms with Crippen molar-refractivity contribution in [3.63, 3.8) is 0 Å². The van der Waals surface area contributed by atoms with Gasteiger partial charge in [0.15, 0.2) is 5.65 Å². The molecule has 0 fully saturated rings. The first-order chi connectivity index (χ1) is 12.7. The number of pyridine rings is 1. The van der Waals surface area contributed by atoms with E-state index in [0.29, 0.717) is 18.1 Å². The van der Waals surface area contributed by atoms with Gasteiger partial charge in [-0.25, -0.2) is 9.97 Å². The third-order valence-electron chi connectivity index (χ3n) is 4.39. The number of nitrogens with zero attached hydrogens (tertiary/aromatic N) is 2. The monoisotopic (exact) mass is 387 g/mol. The summed E-state index contributed by atoms with van der Waals surface area (Å²) in [5.74, 6) is 4.03. The molecule has 3 heterocycles. The van der Waals surface area contributed by atoms with Crippen molar-refractivity contribution < 1.29 is 9.29 Å². The van der Waals surface area contributed by atoms with Crippen molar-refractivity contribution in [2.24, 2.45) is 0 Å². The predicted molar refractivity (Wildman–Crippen MR) is 107 cm³/mol. The number of H-pyrrole nitrogens is 1. The molecule has 1 aliphatic heterocycles. The van der Waals surface area contributed by atoms with Gasteiger partial charge in [-0.2, -0.15) is 0 Å². The van der Waals surface area contributed by atoms with Gasteiger partial charge < -0.3 is 14.3 Å². The molecule has 2 aromatic heterocycles. The molecule has 0 amide bonds. The minimum atomic E-state index is -0.813. The van der Waals surface area contributed by atoms with E-state index in [9.17, 15) is 4.55 Å². The van der Waals surface area contributed by atoms with Crippen LogP contribution in [0.1, 0.15) is 18.9 Å². The second kappa shape index (κ2) is 7.90. The third-order valence-corrected chi connectivity index (χ3v) is 6.90. The molecule has 1 aromatic carbocycles. The van der Waals surface area contributed by atoms with Gasteiger partial charge in [0.05, 0.1) is 10.4 Å². The fraction of sp³-hybridized carbons (Fsp3) is 0.368. The standard InChI is InChI=1S/C19H21N3O2S2/c1-2-26(23)10-8-24-16-12-14(11-13-5-4-9-25-17(13)16)18-21-15-6-3-7-20-19(15)22-18/h3,6-7,11-12H,2,4-5,8-10H2,1H3,(H,20,21,22). The first-order valence-electron chi connectivity index (χ1n) is 8.83. The molecular weight excluding hydrogens is 366 g/mol. The Morgan fingerprint density at radius 3 is 3.15 bits per heavy atom. The lowest BCUT2D eigenvalue weighted by molar-refractivity contribution is 0.332. The molecule has 0 radical (unpaired) electrons. The lowest BCUT2D eigenvalue weighted by atomic mass is 10.0. The third kappa shape index (κ3) is 3.70. The second-order valence-corrected chi connectivity index (χ2v) is 9.13. The molecule has 1 atom stereocenters. The average molecular weight is 388 g/mol. The molecule has 0 bridgehead atoms. The normalized spacial score (nSPS) is 15.0. The zero-order valence-corrected chi connectivity index (χ0v) is 16.3. The van der Waals surface area contributed by atoms with Crippen molar-refractivity contribution in [2.75, 3.05) is 23.9 Å². The lowest BCUT2D eigenvalue weighted by Gasteiger charge is -2.20. The summed E-state index contributed by atoms with van der Waals surface area (Å²) in [4.78, 5) is 13.5. The molecule has 7 heteroatoms. The summed E-state index contributed by atoms with van der Waals surface area (Å²) in [5.41, 5.74) is 3.96. The average Bonchev–Trinajstić information content (AvgIpc) is 3.12. The Labute approximate surface area is 160 Å². The minimum Gasteiger partial charge on any atom is -0.616 e. The van der Waals surface area contributed by atoms with Crippen LogP contribution in [0.15, 0.2) is 35.4 Å². The van der Waals surface area contributed by atoms with Gasteiger partial charge in [-0.15, -0.1) is 11.8 Å². The molecule has 136 valence electrons. The smallest absolute Gasteiger partial charge is 0.178 e. The number of aryl methyl sites for hydroxylation is 1. The van der Waals surface area contributed by atoms with E-state index in [1.54, 1.807) is 6.20 Å². The van der Waals surface area contributed by atoms with Gasteiger partial charge >= 0.3 is 0 Å². The maximum absolute atomic E-state index is 11.7. The number of aromatic amines is 1. The van der Waals surface area contributed by atoms with Crippen molar-refractivity contribution >= 4 is 34.1 Å². The Hall–Kier alpha value is -1.70. The summed E-state index contributed by atoms with van der Waals surface area (Å²) in [5, 5.41) is 0. The van der Waals surface area contributed by atoms with Crippen molar-refractivity contribution in [3.8, 4) is 17.1 Å². The SMILES string of the molecule is CC[S+]([O-])CCOc1cc(-c2nc3ncccc3[nH]2)cc2c1SCCC2. The van der Waals surface area contributed by atoms with Crippen molar-refractivity contribution in [2.45, 2.75) is 24.7 Å². The highest BCUT2D eigenvalue weighted by Crippen LogP contribution is 2.40. The number of thioether (sulfide) groups is 1. The van der Waals surface area contributed by atoms with Crippen LogP contribution in [0.3, 0.4) is 0 Å². The van der Waals surface area contributed by atoms with Gasteiger partial charge in [0.25, 0.3) is 0 Å². The molecule has 0 aliphatic carbocycles. The second-order valence-electron chi connectivity index (χ2n) is 6.16. The number of nitrogens with one attached hydrogen (secondary N) is 1. The molecule has 4 rings (SSSR count). The van der Waals surface area contributed by atoms with Gasteiger partial charge in [-0.05, 0) is 55.3 Å². The molecular formula is C19H21N3O2S2. The fourth-order valence-electron chi connectivity index (χ4n) is 3.06. The molecule has 3 aromatic rings. The highest BCUT2D eigenvalue weighted by molar-refractivity contribution is 7.99. The lowest BCUT2D eigenvalue weighted by Crippen LogP contribution is -2.16. The number of rotatable bonds is 6. The van der Waals surface area contributed by atoms with Crippen molar-refractivity contribution in [3.05, 3.63) is 36.0 Å². The summed E-state index contributed by atoms with van der Waals surface area (Å²) in [6.45, 7) is 2.41. The molecule has 1 N–H and O–H groups in total. The fourth-order valence-corrected chi connectivity index (χ4v) is 4.72. The minimum absolute atomic E-state index is 0.471. The number of fused-ring (bicyclic) bond motifs is 2. The predicted octanol–water partition coefficient (Wildman–Crippen LogP) is 3.81. The maximum atomic E-state index is 11.7. The molecule has 1 aliphatic rings. The highest BCUT2D eigenvalue weighted by atomic mass is 32.2. The van der Waals surface area contributed by atoms with E-state index in [-0.39, 0.29) is 0 Å². The van der Waals surface area contributed by atoms with E-state index in [4.69, 9.17) is 4.74 Å². The number of hydrogen-bond donors (Lipinski definition) is 1. The van der Waals surface area contributed by atoms with Crippen LogP contribution in [0, 0.1) is 0 Å². The Balaban J connectivity index is 1.67. The van der Waals surface area contributed by atoms with Crippen LogP contribution >= 0.6 is 11.8 Å². The van der Waals surface area contributed by atoms with Gasteiger partial charge in [0, 0.05) is 11.8 Å². The Morgan fingerprint density at radius 2 is 2.31 bits per heavy atom. The summed E-state index contributed by atoms with van der Waals surface area (Å²) >= 11 is 1.03. The van der Waals surface area contributed by atoms with Crippen LogP contribution in [0.2, 0.25) is 0 Å². The topological polar surface area (TPSA) is 73.9 Å². The van der Waals surface area contributed by atoms with Crippen LogP contribution < -0.4 is 4.74 Å². The van der Waals surface area contributed by atoms with E-state index in [2.05, 4.69) is 21.0 Å². The van der Waals surface area contributed by atoms with Gasteiger partial charge in [0.2, 0.25) is 0 Å². The first kappa shape index (κ1) is 17.7. The molecule has 0 spiro atoms. The Bertz CT molecular complexity index is 880. The van der Waals surface area contributed by atoms with Crippen LogP contribution in [0.4, 0.5) is 0 Å². The summed E-state index contributed by atoms with van der Waals surface area (Å²) in [6, 6.07) is 8.13. The number of aromatic nitrogens is 3. The molecule has 1 unspecified atom stereocenters. The zero-order chi connectivity index (χ0) is 17.9. The zero-order valence-electron chi connectivity index (χ0n) is 14.7. The largest absolute Gasteiger partial charge is 0.616 e. The number of ether oxygens (including phenoxy) is 1. The molecule has 0 saturated carbocycles. The maximum Gasteiger partial charge on any atom is 0.178 e. The van der Waals surface area contributed by atoms with E-state index in [1.807, 2.05) is 36.9 Å². The van der Waals surface area contributed by atoms with Crippen molar-refractivity contribution in [1.82, 2.24) is 15.0 Å². The van der Waals surface area contributed by atoms with E-state index in [1.165, 1.54) is 16.9 Å². The van der Waals surface area contributed by atoms with Crippen LogP contribution in [0.5, 0.6) is 5.75 Å². The van der Waals surface area contributed by atoms with E-state index in [0.717, 1.165) is 40.5 Å². The highest BCUT2D eigenvalue weighted by Gasteiger charge is 2.19. The van der Waals surface area contributed by atoms with Gasteiger partial charge in [-0.3, -0.25) is 0 Å². The quantitative estimate of drug-likeness (QED) is 0.651. The number of benzene rings is 1. The summed E-state index contributed by atoms with van der Waals surface area (Å²) in [7, 11) is 0. The Kier molecular flexibility index (Phi) is 5.38. The Morgan fingerprint density at radius 1 is 1.38 bits per heavy atom. The van der Waals surface area contributed by atoms with Crippen LogP contribution in [-0.4, -0.2) is 43.4 Å². The van der Waals surface area contributed by atoms with Gasteiger partial charge in [-0.1, -0.05) is 11.2 Å². The van der Waals surface area contributed by atoms with Crippen LogP contribution in [-0.2, 0) is 17.6 Å². The van der Waals surface area contributed by atoms with E-state index < -0.39 is 11.2 Å². The summed E-state index contributed by atoms with van der Waals surface area (Å²) in [6.07, 6.45) is 3.97. The number of imidazole rings is 1. The molecule has 5 nitrogen and oxygen atoms in total. The van der Waals surface area contributed by atoms with Crippen molar-refractivity contribution in [1.29, 1.82) is 0 Å². The molecule has 26 heavy (non-hydrogen) atoms. The first-order valence-corrected chi connectivity index (χ1v) is 11.3. The van der Waals surface area contributed by atoms with Crippen LogP contribution in [0.25, 0.3) is 22.6 Å². The summed E-state index contributed by atoms with van der Waals surface area (Å²) < 4.78 is 17.7. The van der Waals surface area contributed by atoms with E-state index >= 15 is 0 Å². The molecule has 0 saturated heterocycles.